The zero-order valence-corrected chi connectivity index (χ0v) is 12.0. The summed E-state index contributed by atoms with van der Waals surface area (Å²) >= 11 is 3.02. The highest BCUT2D eigenvalue weighted by molar-refractivity contribution is 8.00. The average molecular weight is 301 g/mol. The summed E-state index contributed by atoms with van der Waals surface area (Å²) < 4.78 is 3.28. The number of aromatic amines is 1. The van der Waals surface area contributed by atoms with Crippen LogP contribution in [-0.4, -0.2) is 10.1 Å². The predicted octanol–water partition coefficient (Wildman–Crippen LogP) is 3.71. The van der Waals surface area contributed by atoms with Crippen molar-refractivity contribution in [1.29, 1.82) is 5.26 Å². The van der Waals surface area contributed by atoms with Gasteiger partial charge in [0, 0.05) is 26.7 Å². The summed E-state index contributed by atoms with van der Waals surface area (Å²) in [5, 5.41) is 21.0. The molecule has 2 heterocycles. The molecule has 0 atom stereocenters. The van der Waals surface area contributed by atoms with E-state index in [1.54, 1.807) is 6.20 Å². The number of para-hydroxylation sites is 1. The lowest BCUT2D eigenvalue weighted by Gasteiger charge is -2.05. The van der Waals surface area contributed by atoms with Gasteiger partial charge in [0.15, 0.2) is 0 Å². The van der Waals surface area contributed by atoms with Crippen molar-refractivity contribution in [2.75, 3.05) is 4.72 Å². The molecule has 0 saturated heterocycles. The van der Waals surface area contributed by atoms with Gasteiger partial charge in [0.05, 0.1) is 23.4 Å². The number of nitrogens with one attached hydrogen (secondary N) is 2. The number of fused-ring (bicyclic) bond motifs is 1. The van der Waals surface area contributed by atoms with E-state index in [0.717, 1.165) is 26.4 Å². The standard InChI is InChI=1S/C14H11N3OS2/c15-5-9-6-16-14-12(9)2-1-3-13(14)17-20-11-4-10(7-18)19-8-11/h1-4,6,8,16-18H,7H2. The first-order valence-electron chi connectivity index (χ1n) is 5.93. The Labute approximate surface area is 124 Å². The molecule has 1 aromatic carbocycles. The Morgan fingerprint density at radius 3 is 3.10 bits per heavy atom. The van der Waals surface area contributed by atoms with Crippen molar-refractivity contribution < 1.29 is 5.11 Å². The highest BCUT2D eigenvalue weighted by Crippen LogP contribution is 2.30. The molecule has 0 aliphatic heterocycles. The molecule has 0 amide bonds. The van der Waals surface area contributed by atoms with Crippen LogP contribution < -0.4 is 4.72 Å². The molecule has 0 saturated carbocycles. The summed E-state index contributed by atoms with van der Waals surface area (Å²) in [6.07, 6.45) is 1.72. The molecule has 0 spiro atoms. The number of aliphatic hydroxyl groups excluding tert-OH is 1. The molecule has 4 nitrogen and oxygen atoms in total. The van der Waals surface area contributed by atoms with E-state index in [1.807, 2.05) is 29.6 Å². The van der Waals surface area contributed by atoms with Gasteiger partial charge >= 0.3 is 0 Å². The SMILES string of the molecule is N#Cc1c[nH]c2c(NSc3csc(CO)c3)cccc12. The van der Waals surface area contributed by atoms with Gasteiger partial charge < -0.3 is 14.8 Å². The highest BCUT2D eigenvalue weighted by atomic mass is 32.2. The quantitative estimate of drug-likeness (QED) is 0.642. The van der Waals surface area contributed by atoms with Crippen molar-refractivity contribution >= 4 is 39.9 Å². The van der Waals surface area contributed by atoms with Gasteiger partial charge in [-0.25, -0.2) is 0 Å². The zero-order chi connectivity index (χ0) is 13.9. The topological polar surface area (TPSA) is 71.8 Å². The van der Waals surface area contributed by atoms with E-state index < -0.39 is 0 Å². The Morgan fingerprint density at radius 1 is 1.45 bits per heavy atom. The summed E-state index contributed by atoms with van der Waals surface area (Å²) in [5.74, 6) is 0. The van der Waals surface area contributed by atoms with Crippen LogP contribution >= 0.6 is 23.3 Å². The number of H-pyrrole nitrogens is 1. The maximum Gasteiger partial charge on any atom is 0.101 e. The molecular weight excluding hydrogens is 290 g/mol. The molecule has 0 fully saturated rings. The molecule has 0 unspecified atom stereocenters. The van der Waals surface area contributed by atoms with Crippen LogP contribution in [0.15, 0.2) is 40.7 Å². The molecule has 0 aliphatic rings. The van der Waals surface area contributed by atoms with E-state index in [4.69, 9.17) is 10.4 Å². The van der Waals surface area contributed by atoms with Crippen molar-refractivity contribution in [2.45, 2.75) is 11.5 Å². The fourth-order valence-corrected chi connectivity index (χ4v) is 3.56. The molecule has 3 rings (SSSR count). The van der Waals surface area contributed by atoms with Crippen molar-refractivity contribution in [3.05, 3.63) is 46.3 Å². The van der Waals surface area contributed by atoms with Gasteiger partial charge in [0.2, 0.25) is 0 Å². The first-order chi connectivity index (χ1) is 9.81. The first-order valence-corrected chi connectivity index (χ1v) is 7.63. The Balaban J connectivity index is 1.84. The second-order valence-electron chi connectivity index (χ2n) is 4.15. The second-order valence-corrected chi connectivity index (χ2v) is 6.03. The maximum absolute atomic E-state index is 9.05. The summed E-state index contributed by atoms with van der Waals surface area (Å²) in [6.45, 7) is 0.0724. The summed E-state index contributed by atoms with van der Waals surface area (Å²) in [7, 11) is 0. The number of nitriles is 1. The number of aromatic nitrogens is 1. The van der Waals surface area contributed by atoms with Crippen LogP contribution in [0, 0.1) is 11.3 Å². The number of hydrogen-bond donors (Lipinski definition) is 3. The molecule has 0 radical (unpaired) electrons. The maximum atomic E-state index is 9.05. The normalized spacial score (nSPS) is 10.6. The van der Waals surface area contributed by atoms with E-state index >= 15 is 0 Å². The minimum atomic E-state index is 0.0724. The van der Waals surface area contributed by atoms with Crippen molar-refractivity contribution in [3.63, 3.8) is 0 Å². The number of benzene rings is 1. The first kappa shape index (κ1) is 13.1. The molecule has 2 aromatic heterocycles. The van der Waals surface area contributed by atoms with E-state index in [-0.39, 0.29) is 6.61 Å². The fraction of sp³-hybridized carbons (Fsp3) is 0.0714. The Morgan fingerprint density at radius 2 is 2.35 bits per heavy atom. The Bertz CT molecular complexity index is 785. The third-order valence-corrected chi connectivity index (χ3v) is 4.76. The number of rotatable bonds is 4. The molecule has 6 heteroatoms. The van der Waals surface area contributed by atoms with Crippen LogP contribution in [0.25, 0.3) is 10.9 Å². The lowest BCUT2D eigenvalue weighted by Crippen LogP contribution is -1.87. The molecule has 20 heavy (non-hydrogen) atoms. The van der Waals surface area contributed by atoms with Crippen molar-refractivity contribution in [3.8, 4) is 6.07 Å². The van der Waals surface area contributed by atoms with Gasteiger partial charge in [-0.05, 0) is 24.1 Å². The molecule has 100 valence electrons. The van der Waals surface area contributed by atoms with Crippen LogP contribution in [0.3, 0.4) is 0 Å². The monoisotopic (exact) mass is 301 g/mol. The summed E-state index contributed by atoms with van der Waals surface area (Å²) in [6, 6.07) is 9.94. The molecule has 3 N–H and O–H groups in total. The van der Waals surface area contributed by atoms with Gasteiger partial charge in [-0.2, -0.15) is 5.26 Å². The third-order valence-electron chi connectivity index (χ3n) is 2.90. The van der Waals surface area contributed by atoms with Crippen LogP contribution in [0.2, 0.25) is 0 Å². The number of hydrogen-bond acceptors (Lipinski definition) is 5. The van der Waals surface area contributed by atoms with Gasteiger partial charge in [-0.1, -0.05) is 12.1 Å². The Kier molecular flexibility index (Phi) is 3.65. The van der Waals surface area contributed by atoms with Gasteiger partial charge in [-0.3, -0.25) is 0 Å². The van der Waals surface area contributed by atoms with Crippen molar-refractivity contribution in [1.82, 2.24) is 4.98 Å². The lowest BCUT2D eigenvalue weighted by molar-refractivity contribution is 0.285. The smallest absolute Gasteiger partial charge is 0.101 e. The minimum absolute atomic E-state index is 0.0724. The van der Waals surface area contributed by atoms with Gasteiger partial charge in [-0.15, -0.1) is 11.3 Å². The zero-order valence-electron chi connectivity index (χ0n) is 10.4. The van der Waals surface area contributed by atoms with Gasteiger partial charge in [0.1, 0.15) is 6.07 Å². The number of thiophene rings is 1. The largest absolute Gasteiger partial charge is 0.391 e. The van der Waals surface area contributed by atoms with Crippen LogP contribution in [0.4, 0.5) is 5.69 Å². The molecule has 3 aromatic rings. The minimum Gasteiger partial charge on any atom is -0.391 e. The van der Waals surface area contributed by atoms with Crippen LogP contribution in [0.1, 0.15) is 10.4 Å². The summed E-state index contributed by atoms with van der Waals surface area (Å²) in [5.41, 5.74) is 2.51. The number of nitrogens with zero attached hydrogens (tertiary/aromatic N) is 1. The van der Waals surface area contributed by atoms with E-state index in [9.17, 15) is 0 Å². The number of anilines is 1. The van der Waals surface area contributed by atoms with E-state index in [2.05, 4.69) is 15.8 Å². The highest BCUT2D eigenvalue weighted by Gasteiger charge is 2.07. The molecule has 0 aliphatic carbocycles. The third kappa shape index (κ3) is 2.39. The van der Waals surface area contributed by atoms with Gasteiger partial charge in [0.25, 0.3) is 0 Å². The van der Waals surface area contributed by atoms with E-state index in [1.165, 1.54) is 23.3 Å². The summed E-state index contributed by atoms with van der Waals surface area (Å²) in [4.78, 5) is 5.13. The fourth-order valence-electron chi connectivity index (χ4n) is 1.94. The van der Waals surface area contributed by atoms with Crippen LogP contribution in [0.5, 0.6) is 0 Å². The molecular formula is C14H11N3OS2. The molecule has 0 bridgehead atoms. The predicted molar refractivity (Wildman–Crippen MR) is 82.7 cm³/mol. The lowest BCUT2D eigenvalue weighted by atomic mass is 10.2. The van der Waals surface area contributed by atoms with Crippen molar-refractivity contribution in [2.24, 2.45) is 0 Å². The Hall–Kier alpha value is -1.94. The number of aliphatic hydroxyl groups is 1. The second kappa shape index (κ2) is 5.59. The van der Waals surface area contributed by atoms with E-state index in [0.29, 0.717) is 5.56 Å². The van der Waals surface area contributed by atoms with Crippen LogP contribution in [-0.2, 0) is 6.61 Å². The average Bonchev–Trinajstić information content (AvgIpc) is 3.11.